The van der Waals surface area contributed by atoms with E-state index in [0.29, 0.717) is 12.4 Å². The molecule has 0 aliphatic rings. The molecular weight excluding hydrogens is 190 g/mol. The Morgan fingerprint density at radius 3 is 2.93 bits per heavy atom. The fourth-order valence-corrected chi connectivity index (χ4v) is 1.60. The van der Waals surface area contributed by atoms with Crippen LogP contribution in [0.1, 0.15) is 0 Å². The average molecular weight is 203 g/mol. The van der Waals surface area contributed by atoms with Gasteiger partial charge in [-0.15, -0.1) is 0 Å². The van der Waals surface area contributed by atoms with Crippen LogP contribution in [0.15, 0.2) is 36.5 Å². The van der Waals surface area contributed by atoms with Crippen molar-refractivity contribution in [2.24, 2.45) is 11.5 Å². The second-order valence-electron chi connectivity index (χ2n) is 3.26. The van der Waals surface area contributed by atoms with Crippen LogP contribution in [0.25, 0.3) is 16.7 Å². The maximum Gasteiger partial charge on any atom is 0.124 e. The number of hydrogen-bond acceptors (Lipinski definition) is 3. The van der Waals surface area contributed by atoms with Gasteiger partial charge in [0.2, 0.25) is 0 Å². The highest BCUT2D eigenvalue weighted by Gasteiger charge is 2.05. The predicted octanol–water partition coefficient (Wildman–Crippen LogP) is 1.06. The van der Waals surface area contributed by atoms with Crippen molar-refractivity contribution in [3.05, 3.63) is 36.5 Å². The molecular formula is C11H13N3O. The van der Waals surface area contributed by atoms with Crippen molar-refractivity contribution in [2.75, 3.05) is 6.54 Å². The molecule has 0 aliphatic heterocycles. The van der Waals surface area contributed by atoms with Gasteiger partial charge in [-0.3, -0.25) is 0 Å². The van der Waals surface area contributed by atoms with Gasteiger partial charge in [-0.2, -0.15) is 0 Å². The van der Waals surface area contributed by atoms with Crippen molar-refractivity contribution in [3.8, 4) is 5.75 Å². The van der Waals surface area contributed by atoms with Gasteiger partial charge in [-0.1, -0.05) is 6.07 Å². The van der Waals surface area contributed by atoms with Crippen LogP contribution in [-0.4, -0.2) is 16.2 Å². The summed E-state index contributed by atoms with van der Waals surface area (Å²) in [5.41, 5.74) is 12.1. The number of fused-ring (bicyclic) bond motifs is 1. The number of aromatic nitrogens is 1. The third-order valence-electron chi connectivity index (χ3n) is 2.32. The summed E-state index contributed by atoms with van der Waals surface area (Å²) in [6.45, 7) is 0.393. The first-order valence-corrected chi connectivity index (χ1v) is 4.69. The average Bonchev–Trinajstić information content (AvgIpc) is 2.63. The van der Waals surface area contributed by atoms with Crippen LogP contribution in [0.4, 0.5) is 0 Å². The van der Waals surface area contributed by atoms with Crippen molar-refractivity contribution in [1.29, 1.82) is 0 Å². The summed E-state index contributed by atoms with van der Waals surface area (Å²) < 4.78 is 1.79. The summed E-state index contributed by atoms with van der Waals surface area (Å²) in [5, 5.41) is 10.4. The number of phenols is 1. The van der Waals surface area contributed by atoms with Crippen LogP contribution in [-0.2, 0) is 0 Å². The van der Waals surface area contributed by atoms with Crippen molar-refractivity contribution in [3.63, 3.8) is 0 Å². The highest BCUT2D eigenvalue weighted by atomic mass is 16.3. The molecule has 0 saturated carbocycles. The lowest BCUT2D eigenvalue weighted by molar-refractivity contribution is 0.481. The highest BCUT2D eigenvalue weighted by Crippen LogP contribution is 2.26. The number of rotatable bonds is 2. The number of hydrogen-bond donors (Lipinski definition) is 3. The van der Waals surface area contributed by atoms with Crippen LogP contribution in [0, 0.1) is 0 Å². The molecule has 1 aromatic heterocycles. The molecule has 0 atom stereocenters. The fourth-order valence-electron chi connectivity index (χ4n) is 1.60. The van der Waals surface area contributed by atoms with Gasteiger partial charge in [0.05, 0.1) is 5.52 Å². The molecule has 4 nitrogen and oxygen atoms in total. The van der Waals surface area contributed by atoms with Gasteiger partial charge in [0.25, 0.3) is 0 Å². The molecule has 1 aromatic carbocycles. The molecule has 1 heterocycles. The minimum absolute atomic E-state index is 0.256. The van der Waals surface area contributed by atoms with Crippen molar-refractivity contribution < 1.29 is 5.11 Å². The zero-order chi connectivity index (χ0) is 10.8. The molecule has 0 aliphatic carbocycles. The van der Waals surface area contributed by atoms with E-state index in [-0.39, 0.29) is 5.75 Å². The van der Waals surface area contributed by atoms with E-state index in [2.05, 4.69) is 0 Å². The number of nitrogens with zero attached hydrogens (tertiary/aromatic N) is 1. The SMILES string of the molecule is NC/C=C(\N)n1ccc2c(O)cccc21. The molecule has 0 saturated heterocycles. The number of aromatic hydroxyl groups is 1. The Morgan fingerprint density at radius 2 is 2.20 bits per heavy atom. The molecule has 0 bridgehead atoms. The van der Waals surface area contributed by atoms with Crippen molar-refractivity contribution >= 4 is 16.7 Å². The second kappa shape index (κ2) is 3.67. The lowest BCUT2D eigenvalue weighted by atomic mass is 10.2. The maximum absolute atomic E-state index is 9.60. The van der Waals surface area contributed by atoms with Gasteiger partial charge >= 0.3 is 0 Å². The zero-order valence-electron chi connectivity index (χ0n) is 8.22. The van der Waals surface area contributed by atoms with E-state index >= 15 is 0 Å². The van der Waals surface area contributed by atoms with Crippen LogP contribution in [0.3, 0.4) is 0 Å². The Morgan fingerprint density at radius 1 is 1.40 bits per heavy atom. The lowest BCUT2D eigenvalue weighted by Gasteiger charge is -2.05. The Kier molecular flexibility index (Phi) is 2.35. The molecule has 15 heavy (non-hydrogen) atoms. The Bertz CT molecular complexity index is 514. The first-order valence-electron chi connectivity index (χ1n) is 4.69. The third kappa shape index (κ3) is 1.55. The van der Waals surface area contributed by atoms with E-state index < -0.39 is 0 Å². The highest BCUT2D eigenvalue weighted by molar-refractivity contribution is 5.88. The van der Waals surface area contributed by atoms with Crippen LogP contribution >= 0.6 is 0 Å². The maximum atomic E-state index is 9.60. The molecule has 2 rings (SSSR count). The number of nitrogens with two attached hydrogens (primary N) is 2. The van der Waals surface area contributed by atoms with Gasteiger partial charge in [-0.25, -0.2) is 0 Å². The molecule has 2 aromatic rings. The van der Waals surface area contributed by atoms with Gasteiger partial charge in [0.15, 0.2) is 0 Å². The molecule has 78 valence electrons. The fraction of sp³-hybridized carbons (Fsp3) is 0.0909. The summed E-state index contributed by atoms with van der Waals surface area (Å²) in [4.78, 5) is 0. The molecule has 5 N–H and O–H groups in total. The minimum atomic E-state index is 0.256. The van der Waals surface area contributed by atoms with Gasteiger partial charge in [0.1, 0.15) is 11.6 Å². The first-order chi connectivity index (χ1) is 7.24. The Hall–Kier alpha value is -1.94. The van der Waals surface area contributed by atoms with Gasteiger partial charge < -0.3 is 21.1 Å². The molecule has 0 amide bonds. The molecule has 4 heteroatoms. The molecule has 0 unspecified atom stereocenters. The van der Waals surface area contributed by atoms with Gasteiger partial charge in [-0.05, 0) is 24.3 Å². The van der Waals surface area contributed by atoms with Gasteiger partial charge in [0, 0.05) is 18.1 Å². The summed E-state index contributed by atoms with van der Waals surface area (Å²) >= 11 is 0. The predicted molar refractivity (Wildman–Crippen MR) is 61.1 cm³/mol. The zero-order valence-corrected chi connectivity index (χ0v) is 8.22. The summed E-state index contributed by atoms with van der Waals surface area (Å²) in [6, 6.07) is 7.15. The summed E-state index contributed by atoms with van der Waals surface area (Å²) in [5.74, 6) is 0.824. The van der Waals surface area contributed by atoms with Crippen LogP contribution in [0.2, 0.25) is 0 Å². The summed E-state index contributed by atoms with van der Waals surface area (Å²) in [7, 11) is 0. The molecule has 0 spiro atoms. The van der Waals surface area contributed by atoms with E-state index in [1.165, 1.54) is 0 Å². The number of phenolic OH excluding ortho intramolecular Hbond substituents is 1. The quantitative estimate of drug-likeness (QED) is 0.683. The van der Waals surface area contributed by atoms with E-state index in [9.17, 15) is 5.11 Å². The van der Waals surface area contributed by atoms with E-state index in [1.54, 1.807) is 22.8 Å². The lowest BCUT2D eigenvalue weighted by Crippen LogP contribution is -2.07. The Labute approximate surface area is 87.4 Å². The van der Waals surface area contributed by atoms with Crippen molar-refractivity contribution in [2.45, 2.75) is 0 Å². The smallest absolute Gasteiger partial charge is 0.124 e. The first kappa shape index (κ1) is 9.61. The van der Waals surface area contributed by atoms with E-state index in [0.717, 1.165) is 10.9 Å². The van der Waals surface area contributed by atoms with Crippen molar-refractivity contribution in [1.82, 2.24) is 4.57 Å². The second-order valence-corrected chi connectivity index (χ2v) is 3.26. The topological polar surface area (TPSA) is 77.2 Å². The molecule has 0 radical (unpaired) electrons. The number of benzene rings is 1. The van der Waals surface area contributed by atoms with Crippen LogP contribution < -0.4 is 11.5 Å². The standard InChI is InChI=1S/C11H13N3O/c12-6-4-11(13)14-7-5-8-9(14)2-1-3-10(8)15/h1-5,7,15H,6,12-13H2/b11-4+. The van der Waals surface area contributed by atoms with E-state index in [4.69, 9.17) is 11.5 Å². The third-order valence-corrected chi connectivity index (χ3v) is 2.32. The van der Waals surface area contributed by atoms with E-state index in [1.807, 2.05) is 18.3 Å². The summed E-state index contributed by atoms with van der Waals surface area (Å²) in [6.07, 6.45) is 3.54. The Balaban J connectivity index is 2.64. The normalized spacial score (nSPS) is 12.2. The minimum Gasteiger partial charge on any atom is -0.507 e. The largest absolute Gasteiger partial charge is 0.507 e. The monoisotopic (exact) mass is 203 g/mol. The van der Waals surface area contributed by atoms with Crippen LogP contribution in [0.5, 0.6) is 5.75 Å². The molecule has 0 fully saturated rings.